The second-order valence-corrected chi connectivity index (χ2v) is 4.58. The van der Waals surface area contributed by atoms with Crippen LogP contribution in [0.25, 0.3) is 0 Å². The first-order valence-corrected chi connectivity index (χ1v) is 5.59. The summed E-state index contributed by atoms with van der Waals surface area (Å²) in [6, 6.07) is 4.83. The molecule has 2 nitrogen and oxygen atoms in total. The highest BCUT2D eigenvalue weighted by molar-refractivity contribution is 5.93. The summed E-state index contributed by atoms with van der Waals surface area (Å²) in [5.74, 6) is 0.147. The number of carbonyl (C=O) groups excluding carboxylic acids is 1. The van der Waals surface area contributed by atoms with Gasteiger partial charge in [-0.15, -0.1) is 0 Å². The maximum absolute atomic E-state index is 13.1. The molecule has 1 aliphatic heterocycles. The lowest BCUT2D eigenvalue weighted by Gasteiger charge is -2.38. The number of halogens is 1. The van der Waals surface area contributed by atoms with Crippen molar-refractivity contribution in [3.05, 3.63) is 29.6 Å². The summed E-state index contributed by atoms with van der Waals surface area (Å²) in [7, 11) is 0. The van der Waals surface area contributed by atoms with Crippen LogP contribution in [0.15, 0.2) is 18.2 Å². The molecule has 0 fully saturated rings. The average Bonchev–Trinajstić information content (AvgIpc) is 2.19. The van der Waals surface area contributed by atoms with Gasteiger partial charge in [0.05, 0.1) is 0 Å². The third-order valence-electron chi connectivity index (χ3n) is 3.41. The van der Waals surface area contributed by atoms with E-state index in [1.807, 2.05) is 6.92 Å². The molecule has 0 N–H and O–H groups in total. The van der Waals surface area contributed by atoms with Gasteiger partial charge in [0.2, 0.25) is 5.91 Å². The van der Waals surface area contributed by atoms with Gasteiger partial charge in [-0.25, -0.2) is 4.39 Å². The van der Waals surface area contributed by atoms with Gasteiger partial charge in [-0.3, -0.25) is 4.79 Å². The fraction of sp³-hybridized carbons (Fsp3) is 0.462. The Bertz CT molecular complexity index is 430. The van der Waals surface area contributed by atoms with Gasteiger partial charge in [-0.2, -0.15) is 0 Å². The topological polar surface area (TPSA) is 20.3 Å². The van der Waals surface area contributed by atoms with Gasteiger partial charge in [0.1, 0.15) is 5.82 Å². The summed E-state index contributed by atoms with van der Waals surface area (Å²) < 4.78 is 13.1. The molecule has 0 aromatic heterocycles. The molecule has 86 valence electrons. The van der Waals surface area contributed by atoms with Gasteiger partial charge in [0, 0.05) is 18.7 Å². The second kappa shape index (κ2) is 3.89. The fourth-order valence-electron chi connectivity index (χ4n) is 2.40. The van der Waals surface area contributed by atoms with Crippen molar-refractivity contribution in [2.24, 2.45) is 5.92 Å². The molecule has 3 heteroatoms. The number of hydrogen-bond acceptors (Lipinski definition) is 1. The zero-order valence-electron chi connectivity index (χ0n) is 9.83. The molecule has 2 atom stereocenters. The predicted octanol–water partition coefficient (Wildman–Crippen LogP) is 2.76. The van der Waals surface area contributed by atoms with Gasteiger partial charge >= 0.3 is 0 Å². The van der Waals surface area contributed by atoms with Crippen LogP contribution in [-0.2, 0) is 11.2 Å². The first-order chi connectivity index (χ1) is 7.50. The van der Waals surface area contributed by atoms with E-state index in [9.17, 15) is 9.18 Å². The fourth-order valence-corrected chi connectivity index (χ4v) is 2.40. The average molecular weight is 221 g/mol. The molecule has 1 aromatic rings. The lowest BCUT2D eigenvalue weighted by atomic mass is 9.87. The van der Waals surface area contributed by atoms with Crippen LogP contribution < -0.4 is 4.90 Å². The molecular formula is C13H16FNO. The van der Waals surface area contributed by atoms with E-state index in [1.54, 1.807) is 17.9 Å². The minimum absolute atomic E-state index is 0.0203. The van der Waals surface area contributed by atoms with Crippen molar-refractivity contribution in [1.82, 2.24) is 0 Å². The van der Waals surface area contributed by atoms with Gasteiger partial charge in [-0.1, -0.05) is 6.92 Å². The summed E-state index contributed by atoms with van der Waals surface area (Å²) in [5, 5.41) is 0. The molecule has 0 saturated heterocycles. The Morgan fingerprint density at radius 2 is 2.12 bits per heavy atom. The minimum Gasteiger partial charge on any atom is -0.309 e. The summed E-state index contributed by atoms with van der Waals surface area (Å²) in [6.45, 7) is 5.69. The van der Waals surface area contributed by atoms with Crippen LogP contribution in [-0.4, -0.2) is 11.9 Å². The van der Waals surface area contributed by atoms with Crippen LogP contribution in [0.4, 0.5) is 10.1 Å². The van der Waals surface area contributed by atoms with Crippen LogP contribution in [0.5, 0.6) is 0 Å². The van der Waals surface area contributed by atoms with Crippen molar-refractivity contribution >= 4 is 11.6 Å². The summed E-state index contributed by atoms with van der Waals surface area (Å²) >= 11 is 0. The van der Waals surface area contributed by atoms with Gasteiger partial charge in [0.15, 0.2) is 0 Å². The number of fused-ring (bicyclic) bond motifs is 1. The van der Waals surface area contributed by atoms with E-state index in [0.717, 1.165) is 17.7 Å². The quantitative estimate of drug-likeness (QED) is 0.659. The third-order valence-corrected chi connectivity index (χ3v) is 3.41. The molecule has 0 aliphatic carbocycles. The number of amides is 1. The van der Waals surface area contributed by atoms with E-state index in [1.165, 1.54) is 12.1 Å². The van der Waals surface area contributed by atoms with E-state index in [2.05, 4.69) is 6.92 Å². The Balaban J connectivity index is 2.52. The van der Waals surface area contributed by atoms with E-state index in [4.69, 9.17) is 0 Å². The van der Waals surface area contributed by atoms with Crippen molar-refractivity contribution in [2.75, 3.05) is 4.90 Å². The van der Waals surface area contributed by atoms with Crippen LogP contribution in [0.2, 0.25) is 0 Å². The molecule has 0 radical (unpaired) electrons. The Morgan fingerprint density at radius 1 is 1.44 bits per heavy atom. The first kappa shape index (κ1) is 11.1. The van der Waals surface area contributed by atoms with Crippen molar-refractivity contribution in [3.63, 3.8) is 0 Å². The smallest absolute Gasteiger partial charge is 0.224 e. The van der Waals surface area contributed by atoms with Crippen molar-refractivity contribution in [1.29, 1.82) is 0 Å². The van der Waals surface area contributed by atoms with E-state index >= 15 is 0 Å². The standard InChI is InChI=1S/C13H16FNO/c1-8-6-11-7-12(14)4-5-13(11)15(9(8)2)10(3)16/h4-5,7-9H,6H2,1-3H3/t8-,9+/m1/s1. The van der Waals surface area contributed by atoms with Gasteiger partial charge in [0.25, 0.3) is 0 Å². The minimum atomic E-state index is -0.232. The predicted molar refractivity (Wildman–Crippen MR) is 61.9 cm³/mol. The Hall–Kier alpha value is -1.38. The van der Waals surface area contributed by atoms with Gasteiger partial charge < -0.3 is 4.90 Å². The van der Waals surface area contributed by atoms with Crippen molar-refractivity contribution in [2.45, 2.75) is 33.2 Å². The summed E-state index contributed by atoms with van der Waals surface area (Å²) in [6.07, 6.45) is 0.831. The van der Waals surface area contributed by atoms with Crippen LogP contribution in [0.3, 0.4) is 0 Å². The SMILES string of the molecule is CC(=O)N1c2ccc(F)cc2C[C@@H](C)[C@@H]1C. The first-order valence-electron chi connectivity index (χ1n) is 5.59. The third kappa shape index (κ3) is 1.70. The highest BCUT2D eigenvalue weighted by Gasteiger charge is 2.31. The number of benzene rings is 1. The van der Waals surface area contributed by atoms with Crippen LogP contribution >= 0.6 is 0 Å². The van der Waals surface area contributed by atoms with E-state index in [0.29, 0.717) is 5.92 Å². The van der Waals surface area contributed by atoms with E-state index in [-0.39, 0.29) is 17.8 Å². The maximum Gasteiger partial charge on any atom is 0.224 e. The number of rotatable bonds is 0. The summed E-state index contributed by atoms with van der Waals surface area (Å²) in [5.41, 5.74) is 1.79. The number of nitrogens with zero attached hydrogens (tertiary/aromatic N) is 1. The molecule has 1 aromatic carbocycles. The molecule has 1 amide bonds. The molecule has 0 unspecified atom stereocenters. The Kier molecular flexibility index (Phi) is 2.70. The zero-order valence-corrected chi connectivity index (χ0v) is 9.83. The highest BCUT2D eigenvalue weighted by atomic mass is 19.1. The monoisotopic (exact) mass is 221 g/mol. The molecule has 0 saturated carbocycles. The molecule has 2 rings (SSSR count). The molecule has 1 aliphatic rings. The van der Waals surface area contributed by atoms with Crippen molar-refractivity contribution in [3.8, 4) is 0 Å². The van der Waals surface area contributed by atoms with Gasteiger partial charge in [-0.05, 0) is 43.0 Å². The lowest BCUT2D eigenvalue weighted by Crippen LogP contribution is -2.45. The summed E-state index contributed by atoms with van der Waals surface area (Å²) in [4.78, 5) is 13.4. The largest absolute Gasteiger partial charge is 0.309 e. The van der Waals surface area contributed by atoms with Crippen LogP contribution in [0, 0.1) is 11.7 Å². The second-order valence-electron chi connectivity index (χ2n) is 4.58. The Labute approximate surface area is 95.1 Å². The maximum atomic E-state index is 13.1. The number of carbonyl (C=O) groups is 1. The normalized spacial score (nSPS) is 24.1. The van der Waals surface area contributed by atoms with E-state index < -0.39 is 0 Å². The Morgan fingerprint density at radius 3 is 2.75 bits per heavy atom. The molecular weight excluding hydrogens is 205 g/mol. The molecule has 0 bridgehead atoms. The molecule has 0 spiro atoms. The highest BCUT2D eigenvalue weighted by Crippen LogP contribution is 2.34. The number of anilines is 1. The lowest BCUT2D eigenvalue weighted by molar-refractivity contribution is -0.117. The van der Waals surface area contributed by atoms with Crippen LogP contribution in [0.1, 0.15) is 26.3 Å². The zero-order chi connectivity index (χ0) is 11.9. The number of hydrogen-bond donors (Lipinski definition) is 0. The van der Waals surface area contributed by atoms with Crippen molar-refractivity contribution < 1.29 is 9.18 Å². The molecule has 1 heterocycles. The molecule has 16 heavy (non-hydrogen) atoms.